The molecule has 3 heterocycles. The van der Waals surface area contributed by atoms with Crippen LogP contribution in [0.2, 0.25) is 5.15 Å². The Kier molecular flexibility index (Phi) is 6.94. The number of nitrogens with zero attached hydrogens (tertiary/aromatic N) is 3. The van der Waals surface area contributed by atoms with E-state index in [1.165, 1.54) is 7.11 Å². The molecule has 9 nitrogen and oxygen atoms in total. The van der Waals surface area contributed by atoms with Crippen LogP contribution in [0.4, 0.5) is 5.82 Å². The summed E-state index contributed by atoms with van der Waals surface area (Å²) in [6, 6.07) is 3.20. The zero-order chi connectivity index (χ0) is 21.8. The smallest absolute Gasteiger partial charge is 0.338 e. The molecule has 1 aliphatic rings. The third kappa shape index (κ3) is 4.73. The Morgan fingerprint density at radius 2 is 2.10 bits per heavy atom. The number of hydrogen-bond acceptors (Lipinski definition) is 7. The zero-order valence-corrected chi connectivity index (χ0v) is 18.2. The Hall–Kier alpha value is -2.65. The Labute approximate surface area is 180 Å². The summed E-state index contributed by atoms with van der Waals surface area (Å²) in [6.07, 6.45) is 1.04. The number of aromatic amines is 1. The summed E-state index contributed by atoms with van der Waals surface area (Å²) < 4.78 is 10.5. The summed E-state index contributed by atoms with van der Waals surface area (Å²) in [5.74, 6) is 0.138. The maximum absolute atomic E-state index is 12.6. The van der Waals surface area contributed by atoms with Crippen molar-refractivity contribution in [3.63, 3.8) is 0 Å². The molecule has 2 atom stereocenters. The van der Waals surface area contributed by atoms with E-state index in [4.69, 9.17) is 21.1 Å². The van der Waals surface area contributed by atoms with E-state index in [1.807, 2.05) is 18.7 Å². The third-order valence-electron chi connectivity index (χ3n) is 5.16. The summed E-state index contributed by atoms with van der Waals surface area (Å²) in [4.78, 5) is 38.2. The molecule has 3 rings (SSSR count). The predicted molar refractivity (Wildman–Crippen MR) is 112 cm³/mol. The number of aryl methyl sites for hydroxylation is 2. The number of piperidine rings is 1. The van der Waals surface area contributed by atoms with Crippen LogP contribution in [-0.4, -0.2) is 66.3 Å². The van der Waals surface area contributed by atoms with Crippen LogP contribution < -0.4 is 10.2 Å². The van der Waals surface area contributed by atoms with Gasteiger partial charge >= 0.3 is 5.97 Å². The van der Waals surface area contributed by atoms with Gasteiger partial charge in [-0.2, -0.15) is 0 Å². The molecule has 0 unspecified atom stereocenters. The molecule has 2 aromatic heterocycles. The highest BCUT2D eigenvalue weighted by Crippen LogP contribution is 2.22. The molecule has 1 aliphatic heterocycles. The monoisotopic (exact) mass is 435 g/mol. The van der Waals surface area contributed by atoms with Gasteiger partial charge < -0.3 is 24.7 Å². The standard InChI is InChI=1S/C20H26ClN5O4/c1-5-13-17(21)25-18(23-13)19(27)24-14-6-7-26(10-15(14)29-3)16-9-12(20(28)30-4)8-11(2)22-16/h8-9,14-15H,5-7,10H2,1-4H3,(H,23,25)(H,24,27)/t14-,15+/m1/s1. The molecular weight excluding hydrogens is 410 g/mol. The summed E-state index contributed by atoms with van der Waals surface area (Å²) in [5.41, 5.74) is 1.90. The van der Waals surface area contributed by atoms with Crippen LogP contribution in [-0.2, 0) is 15.9 Å². The van der Waals surface area contributed by atoms with Gasteiger partial charge in [0.2, 0.25) is 0 Å². The lowest BCUT2D eigenvalue weighted by Gasteiger charge is -2.38. The molecule has 30 heavy (non-hydrogen) atoms. The van der Waals surface area contributed by atoms with E-state index in [2.05, 4.69) is 20.3 Å². The molecule has 0 spiro atoms. The van der Waals surface area contributed by atoms with Gasteiger partial charge in [0.1, 0.15) is 5.82 Å². The number of halogens is 1. The fraction of sp³-hybridized carbons (Fsp3) is 0.500. The average molecular weight is 436 g/mol. The Morgan fingerprint density at radius 3 is 2.73 bits per heavy atom. The van der Waals surface area contributed by atoms with Gasteiger partial charge in [0, 0.05) is 25.9 Å². The molecule has 1 fully saturated rings. The highest BCUT2D eigenvalue weighted by Gasteiger charge is 2.32. The number of anilines is 1. The molecular formula is C20H26ClN5O4. The average Bonchev–Trinajstić information content (AvgIpc) is 3.13. The Morgan fingerprint density at radius 1 is 1.33 bits per heavy atom. The third-order valence-corrected chi connectivity index (χ3v) is 5.47. The van der Waals surface area contributed by atoms with Crippen molar-refractivity contribution in [2.45, 2.75) is 38.8 Å². The first-order chi connectivity index (χ1) is 14.4. The molecule has 0 saturated carbocycles. The van der Waals surface area contributed by atoms with E-state index in [9.17, 15) is 9.59 Å². The first-order valence-corrected chi connectivity index (χ1v) is 10.1. The number of ether oxygens (including phenoxy) is 2. The minimum atomic E-state index is -0.407. The van der Waals surface area contributed by atoms with Crippen molar-refractivity contribution in [1.29, 1.82) is 0 Å². The zero-order valence-electron chi connectivity index (χ0n) is 17.5. The van der Waals surface area contributed by atoms with E-state index in [0.717, 1.165) is 11.4 Å². The van der Waals surface area contributed by atoms with Crippen molar-refractivity contribution >= 4 is 29.3 Å². The lowest BCUT2D eigenvalue weighted by atomic mass is 10.0. The fourth-order valence-corrected chi connectivity index (χ4v) is 3.81. The lowest BCUT2D eigenvalue weighted by Crippen LogP contribution is -2.55. The Balaban J connectivity index is 1.71. The quantitative estimate of drug-likeness (QED) is 0.669. The van der Waals surface area contributed by atoms with Crippen LogP contribution in [0.15, 0.2) is 12.1 Å². The number of rotatable bonds is 6. The number of methoxy groups -OCH3 is 2. The van der Waals surface area contributed by atoms with Crippen molar-refractivity contribution < 1.29 is 19.1 Å². The van der Waals surface area contributed by atoms with Crippen LogP contribution >= 0.6 is 11.6 Å². The van der Waals surface area contributed by atoms with Gasteiger partial charge in [-0.15, -0.1) is 0 Å². The maximum atomic E-state index is 12.6. The SMILES string of the molecule is CCc1[nH]c(C(=O)N[C@@H]2CCN(c3cc(C(=O)OC)cc(C)n3)C[C@@H]2OC)nc1Cl. The van der Waals surface area contributed by atoms with Crippen molar-refractivity contribution in [3.05, 3.63) is 40.1 Å². The minimum Gasteiger partial charge on any atom is -0.465 e. The van der Waals surface area contributed by atoms with Crippen molar-refractivity contribution in [2.24, 2.45) is 0 Å². The van der Waals surface area contributed by atoms with Crippen LogP contribution in [0, 0.1) is 6.92 Å². The van der Waals surface area contributed by atoms with Crippen molar-refractivity contribution in [1.82, 2.24) is 20.3 Å². The molecule has 0 aromatic carbocycles. The number of H-pyrrole nitrogens is 1. The van der Waals surface area contributed by atoms with E-state index in [-0.39, 0.29) is 23.9 Å². The summed E-state index contributed by atoms with van der Waals surface area (Å²) >= 11 is 6.04. The maximum Gasteiger partial charge on any atom is 0.338 e. The summed E-state index contributed by atoms with van der Waals surface area (Å²) in [6.45, 7) is 4.91. The first-order valence-electron chi connectivity index (χ1n) is 9.76. The van der Waals surface area contributed by atoms with Gasteiger partial charge in [0.15, 0.2) is 11.0 Å². The fourth-order valence-electron chi connectivity index (χ4n) is 3.54. The lowest BCUT2D eigenvalue weighted by molar-refractivity contribution is 0.0536. The van der Waals surface area contributed by atoms with Gasteiger partial charge in [-0.05, 0) is 31.9 Å². The largest absolute Gasteiger partial charge is 0.465 e. The number of esters is 1. The van der Waals surface area contributed by atoms with Gasteiger partial charge in [0.25, 0.3) is 5.91 Å². The normalized spacial score (nSPS) is 18.9. The molecule has 1 amide bonds. The summed E-state index contributed by atoms with van der Waals surface area (Å²) in [5, 5.41) is 3.30. The number of amides is 1. The minimum absolute atomic E-state index is 0.192. The molecule has 2 aromatic rings. The number of nitrogens with one attached hydrogen (secondary N) is 2. The second-order valence-corrected chi connectivity index (χ2v) is 7.50. The van der Waals surface area contributed by atoms with Gasteiger partial charge in [-0.1, -0.05) is 18.5 Å². The number of imidazole rings is 1. The molecule has 2 N–H and O–H groups in total. The number of carbonyl (C=O) groups excluding carboxylic acids is 2. The van der Waals surface area contributed by atoms with Crippen molar-refractivity contribution in [2.75, 3.05) is 32.2 Å². The summed E-state index contributed by atoms with van der Waals surface area (Å²) in [7, 11) is 2.96. The molecule has 0 bridgehead atoms. The van der Waals surface area contributed by atoms with E-state index in [1.54, 1.807) is 19.2 Å². The topological polar surface area (TPSA) is 109 Å². The Bertz CT molecular complexity index is 932. The highest BCUT2D eigenvalue weighted by atomic mass is 35.5. The van der Waals surface area contributed by atoms with Crippen LogP contribution in [0.5, 0.6) is 0 Å². The number of hydrogen-bond donors (Lipinski definition) is 2. The van der Waals surface area contributed by atoms with Crippen LogP contribution in [0.1, 0.15) is 45.7 Å². The van der Waals surface area contributed by atoms with Crippen LogP contribution in [0.3, 0.4) is 0 Å². The van der Waals surface area contributed by atoms with Gasteiger partial charge in [0.05, 0.1) is 30.5 Å². The second kappa shape index (κ2) is 9.44. The molecule has 162 valence electrons. The van der Waals surface area contributed by atoms with E-state index >= 15 is 0 Å². The van der Waals surface area contributed by atoms with Crippen LogP contribution in [0.25, 0.3) is 0 Å². The van der Waals surface area contributed by atoms with Gasteiger partial charge in [-0.25, -0.2) is 14.8 Å². The molecule has 1 saturated heterocycles. The molecule has 0 radical (unpaired) electrons. The number of carbonyl (C=O) groups is 2. The van der Waals surface area contributed by atoms with Gasteiger partial charge in [-0.3, -0.25) is 4.79 Å². The van der Waals surface area contributed by atoms with E-state index in [0.29, 0.717) is 42.5 Å². The highest BCUT2D eigenvalue weighted by molar-refractivity contribution is 6.30. The predicted octanol–water partition coefficient (Wildman–Crippen LogP) is 2.14. The van der Waals surface area contributed by atoms with Crippen molar-refractivity contribution in [3.8, 4) is 0 Å². The number of pyridine rings is 1. The number of aromatic nitrogens is 3. The molecule has 0 aliphatic carbocycles. The van der Waals surface area contributed by atoms with E-state index < -0.39 is 5.97 Å². The second-order valence-electron chi connectivity index (χ2n) is 7.14. The first kappa shape index (κ1) is 22.0. The molecule has 10 heteroatoms.